The SMILES string of the molecule is CCOc1ccc(/C=C/C(=O)NOC2CCCC2)cc1. The summed E-state index contributed by atoms with van der Waals surface area (Å²) in [6.07, 6.45) is 7.84. The maximum atomic E-state index is 11.6. The van der Waals surface area contributed by atoms with Crippen LogP contribution in [0.15, 0.2) is 30.3 Å². The molecule has 1 aromatic rings. The molecule has 4 heteroatoms. The van der Waals surface area contributed by atoms with Crippen molar-refractivity contribution >= 4 is 12.0 Å². The van der Waals surface area contributed by atoms with Crippen molar-refractivity contribution in [1.82, 2.24) is 5.48 Å². The summed E-state index contributed by atoms with van der Waals surface area (Å²) in [5.74, 6) is 0.601. The highest BCUT2D eigenvalue weighted by atomic mass is 16.7. The molecular weight excluding hydrogens is 254 g/mol. The quantitative estimate of drug-likeness (QED) is 0.641. The van der Waals surface area contributed by atoms with Gasteiger partial charge in [0.25, 0.3) is 5.91 Å². The number of benzene rings is 1. The van der Waals surface area contributed by atoms with Gasteiger partial charge in [-0.1, -0.05) is 25.0 Å². The minimum atomic E-state index is -0.231. The molecule has 20 heavy (non-hydrogen) atoms. The number of nitrogens with one attached hydrogen (secondary N) is 1. The normalized spacial score (nSPS) is 15.7. The Morgan fingerprint density at radius 3 is 2.65 bits per heavy atom. The summed E-state index contributed by atoms with van der Waals surface area (Å²) in [7, 11) is 0. The molecule has 0 spiro atoms. The van der Waals surface area contributed by atoms with E-state index in [2.05, 4.69) is 5.48 Å². The summed E-state index contributed by atoms with van der Waals surface area (Å²) in [6, 6.07) is 7.59. The van der Waals surface area contributed by atoms with Gasteiger partial charge < -0.3 is 4.74 Å². The summed E-state index contributed by atoms with van der Waals surface area (Å²) >= 11 is 0. The zero-order chi connectivity index (χ0) is 14.2. The van der Waals surface area contributed by atoms with Crippen LogP contribution in [0.2, 0.25) is 0 Å². The van der Waals surface area contributed by atoms with E-state index in [4.69, 9.17) is 9.57 Å². The zero-order valence-corrected chi connectivity index (χ0v) is 11.8. The number of hydrogen-bond donors (Lipinski definition) is 1. The summed E-state index contributed by atoms with van der Waals surface area (Å²) in [6.45, 7) is 2.60. The van der Waals surface area contributed by atoms with Crippen LogP contribution in [0.5, 0.6) is 5.75 Å². The Kier molecular flexibility index (Phi) is 5.62. The molecule has 4 nitrogen and oxygen atoms in total. The van der Waals surface area contributed by atoms with Crippen LogP contribution < -0.4 is 10.2 Å². The summed E-state index contributed by atoms with van der Waals surface area (Å²) in [5, 5.41) is 0. The van der Waals surface area contributed by atoms with Crippen LogP contribution in [-0.4, -0.2) is 18.6 Å². The molecule has 1 saturated carbocycles. The lowest BCUT2D eigenvalue weighted by molar-refractivity contribution is -0.132. The molecule has 1 aliphatic rings. The van der Waals surface area contributed by atoms with Crippen LogP contribution in [0.25, 0.3) is 6.08 Å². The lowest BCUT2D eigenvalue weighted by Gasteiger charge is -2.09. The smallest absolute Gasteiger partial charge is 0.267 e. The molecule has 0 aromatic heterocycles. The van der Waals surface area contributed by atoms with Crippen molar-refractivity contribution in [3.63, 3.8) is 0 Å². The number of hydroxylamine groups is 1. The fraction of sp³-hybridized carbons (Fsp3) is 0.438. The van der Waals surface area contributed by atoms with E-state index in [0.29, 0.717) is 6.61 Å². The van der Waals surface area contributed by atoms with Gasteiger partial charge in [-0.25, -0.2) is 5.48 Å². The second-order valence-electron chi connectivity index (χ2n) is 4.83. The molecule has 1 aromatic carbocycles. The van der Waals surface area contributed by atoms with Crippen LogP contribution in [-0.2, 0) is 9.63 Å². The largest absolute Gasteiger partial charge is 0.494 e. The molecule has 1 N–H and O–H groups in total. The summed E-state index contributed by atoms with van der Waals surface area (Å²) < 4.78 is 5.36. The molecule has 1 aliphatic carbocycles. The van der Waals surface area contributed by atoms with Gasteiger partial charge in [-0.15, -0.1) is 0 Å². The molecule has 0 bridgehead atoms. The van der Waals surface area contributed by atoms with Crippen LogP contribution in [0, 0.1) is 0 Å². The van der Waals surface area contributed by atoms with Crippen molar-refractivity contribution in [3.05, 3.63) is 35.9 Å². The van der Waals surface area contributed by atoms with Crippen molar-refractivity contribution in [3.8, 4) is 5.75 Å². The third-order valence-electron chi connectivity index (χ3n) is 3.25. The molecule has 108 valence electrons. The van der Waals surface area contributed by atoms with Crippen molar-refractivity contribution in [2.75, 3.05) is 6.61 Å². The van der Waals surface area contributed by atoms with Gasteiger partial charge in [0.2, 0.25) is 0 Å². The van der Waals surface area contributed by atoms with E-state index in [1.165, 1.54) is 18.9 Å². The number of carbonyl (C=O) groups excluding carboxylic acids is 1. The maximum Gasteiger partial charge on any atom is 0.267 e. The first kappa shape index (κ1) is 14.6. The van der Waals surface area contributed by atoms with Crippen molar-refractivity contribution in [2.45, 2.75) is 38.7 Å². The van der Waals surface area contributed by atoms with Crippen molar-refractivity contribution < 1.29 is 14.4 Å². The Bertz CT molecular complexity index is 447. The first-order valence-electron chi connectivity index (χ1n) is 7.14. The Hall–Kier alpha value is -1.81. The molecule has 2 rings (SSSR count). The number of rotatable bonds is 6. The van der Waals surface area contributed by atoms with Gasteiger partial charge in [0, 0.05) is 6.08 Å². The third-order valence-corrected chi connectivity index (χ3v) is 3.25. The second kappa shape index (κ2) is 7.70. The lowest BCUT2D eigenvalue weighted by Crippen LogP contribution is -2.26. The van der Waals surface area contributed by atoms with Crippen LogP contribution in [0.3, 0.4) is 0 Å². The van der Waals surface area contributed by atoms with E-state index >= 15 is 0 Å². The van der Waals surface area contributed by atoms with Gasteiger partial charge in [0.15, 0.2) is 0 Å². The monoisotopic (exact) mass is 275 g/mol. The predicted molar refractivity (Wildman–Crippen MR) is 78.1 cm³/mol. The standard InChI is InChI=1S/C16H21NO3/c1-2-19-14-10-7-13(8-11-14)9-12-16(18)17-20-15-5-3-4-6-15/h7-12,15H,2-6H2,1H3,(H,17,18)/b12-9+. The Balaban J connectivity index is 1.77. The molecule has 0 atom stereocenters. The Labute approximate surface area is 119 Å². The van der Waals surface area contributed by atoms with E-state index in [-0.39, 0.29) is 12.0 Å². The van der Waals surface area contributed by atoms with Gasteiger partial charge in [-0.2, -0.15) is 0 Å². The van der Waals surface area contributed by atoms with Crippen LogP contribution in [0.1, 0.15) is 38.2 Å². The average Bonchev–Trinajstić information content (AvgIpc) is 2.98. The number of amides is 1. The van der Waals surface area contributed by atoms with Gasteiger partial charge >= 0.3 is 0 Å². The molecule has 1 amide bonds. The van der Waals surface area contributed by atoms with Gasteiger partial charge in [0.05, 0.1) is 12.7 Å². The maximum absolute atomic E-state index is 11.6. The Morgan fingerprint density at radius 2 is 2.00 bits per heavy atom. The van der Waals surface area contributed by atoms with Crippen LogP contribution >= 0.6 is 0 Å². The van der Waals surface area contributed by atoms with Crippen LogP contribution in [0.4, 0.5) is 0 Å². The molecular formula is C16H21NO3. The minimum absolute atomic E-state index is 0.179. The van der Waals surface area contributed by atoms with Crippen molar-refractivity contribution in [1.29, 1.82) is 0 Å². The highest BCUT2D eigenvalue weighted by molar-refractivity contribution is 5.90. The second-order valence-corrected chi connectivity index (χ2v) is 4.83. The Morgan fingerprint density at radius 1 is 1.30 bits per heavy atom. The number of hydrogen-bond acceptors (Lipinski definition) is 3. The molecule has 0 aliphatic heterocycles. The lowest BCUT2D eigenvalue weighted by atomic mass is 10.2. The van der Waals surface area contributed by atoms with Gasteiger partial charge in [0.1, 0.15) is 5.75 Å². The van der Waals surface area contributed by atoms with E-state index in [0.717, 1.165) is 24.2 Å². The fourth-order valence-electron chi connectivity index (χ4n) is 2.20. The number of ether oxygens (including phenoxy) is 1. The minimum Gasteiger partial charge on any atom is -0.494 e. The predicted octanol–water partition coefficient (Wildman–Crippen LogP) is 3.09. The first-order valence-corrected chi connectivity index (χ1v) is 7.14. The van der Waals surface area contributed by atoms with E-state index in [9.17, 15) is 4.79 Å². The fourth-order valence-corrected chi connectivity index (χ4v) is 2.20. The molecule has 0 unspecified atom stereocenters. The number of carbonyl (C=O) groups is 1. The molecule has 0 saturated heterocycles. The summed E-state index contributed by atoms with van der Waals surface area (Å²) in [5.41, 5.74) is 3.42. The highest BCUT2D eigenvalue weighted by Gasteiger charge is 2.16. The molecule has 1 fully saturated rings. The summed E-state index contributed by atoms with van der Waals surface area (Å²) in [4.78, 5) is 16.9. The average molecular weight is 275 g/mol. The van der Waals surface area contributed by atoms with Gasteiger partial charge in [-0.05, 0) is 43.5 Å². The first-order chi connectivity index (χ1) is 9.78. The van der Waals surface area contributed by atoms with Crippen molar-refractivity contribution in [2.24, 2.45) is 0 Å². The van der Waals surface area contributed by atoms with Gasteiger partial charge in [-0.3, -0.25) is 9.63 Å². The molecule has 0 heterocycles. The molecule has 0 radical (unpaired) electrons. The van der Waals surface area contributed by atoms with E-state index in [1.54, 1.807) is 6.08 Å². The topological polar surface area (TPSA) is 47.6 Å². The zero-order valence-electron chi connectivity index (χ0n) is 11.8. The highest BCUT2D eigenvalue weighted by Crippen LogP contribution is 2.19. The third kappa shape index (κ3) is 4.70. The van der Waals surface area contributed by atoms with E-state index < -0.39 is 0 Å². The van der Waals surface area contributed by atoms with E-state index in [1.807, 2.05) is 31.2 Å².